The molecule has 1 fully saturated rings. The third-order valence-corrected chi connectivity index (χ3v) is 4.22. The molecule has 0 amide bonds. The maximum absolute atomic E-state index is 15.0. The van der Waals surface area contributed by atoms with Crippen LogP contribution in [0.2, 0.25) is 0 Å². The summed E-state index contributed by atoms with van der Waals surface area (Å²) in [7, 11) is 0. The lowest BCUT2D eigenvalue weighted by Crippen LogP contribution is -2.52. The second-order valence-corrected chi connectivity index (χ2v) is 7.40. The first kappa shape index (κ1) is 20.3. The molecule has 1 aromatic rings. The molecule has 0 aliphatic carbocycles. The van der Waals surface area contributed by atoms with E-state index in [0.29, 0.717) is 0 Å². The second-order valence-electron chi connectivity index (χ2n) is 7.40. The van der Waals surface area contributed by atoms with E-state index >= 15 is 0 Å². The summed E-state index contributed by atoms with van der Waals surface area (Å²) in [5.41, 5.74) is -4.66. The van der Waals surface area contributed by atoms with Gasteiger partial charge < -0.3 is 19.7 Å². The van der Waals surface area contributed by atoms with E-state index in [2.05, 4.69) is 0 Å². The highest BCUT2D eigenvalue weighted by molar-refractivity contribution is 5.75. The predicted octanol–water partition coefficient (Wildman–Crippen LogP) is -0.607. The molecular weight excluding hydrogens is 351 g/mol. The Hall–Kier alpha value is -2.04. The molecular formula is C16H23FN2O7. The number of aliphatic hydroxyl groups excluding tert-OH is 1. The minimum atomic E-state index is -2.36. The van der Waals surface area contributed by atoms with E-state index in [9.17, 15) is 29.0 Å². The summed E-state index contributed by atoms with van der Waals surface area (Å²) in [6, 6.07) is 0. The second kappa shape index (κ2) is 6.93. The number of nitrogens with one attached hydrogen (secondary N) is 1. The molecule has 3 N–H and O–H groups in total. The highest BCUT2D eigenvalue weighted by Gasteiger charge is 2.58. The summed E-state index contributed by atoms with van der Waals surface area (Å²) < 4.78 is 26.1. The number of carbonyl (C=O) groups excluding carboxylic acids is 1. The number of halogens is 1. The van der Waals surface area contributed by atoms with Crippen LogP contribution in [0, 0.1) is 12.3 Å². The van der Waals surface area contributed by atoms with Gasteiger partial charge in [-0.25, -0.2) is 9.18 Å². The molecule has 9 nitrogen and oxygen atoms in total. The molecule has 2 heterocycles. The first-order valence-corrected chi connectivity index (χ1v) is 8.04. The Labute approximate surface area is 148 Å². The van der Waals surface area contributed by atoms with Crippen LogP contribution in [0.15, 0.2) is 15.8 Å². The number of esters is 1. The maximum Gasteiger partial charge on any atom is 0.330 e. The van der Waals surface area contributed by atoms with Crippen LogP contribution in [0.5, 0.6) is 0 Å². The van der Waals surface area contributed by atoms with Crippen LogP contribution in [0.3, 0.4) is 0 Å². The van der Waals surface area contributed by atoms with Gasteiger partial charge in [0.1, 0.15) is 12.7 Å². The molecule has 146 valence electrons. The number of carbonyl (C=O) groups is 1. The fourth-order valence-electron chi connectivity index (χ4n) is 2.53. The standard InChI is InChI=1S/C16H23FN2O7/c1-8-5-19(14(23)18-11(8)21)12-10(17)16(24,9(6-20)26-12)7-25-13(22)15(2,3)4/h5,9-10,12,20,24H,6-7H2,1-4H3,(H,18,21,23)/t9-,10-,12-,16-/m1/s1. The van der Waals surface area contributed by atoms with E-state index in [1.54, 1.807) is 20.8 Å². The molecule has 10 heteroatoms. The van der Waals surface area contributed by atoms with Crippen LogP contribution in [-0.2, 0) is 14.3 Å². The molecule has 26 heavy (non-hydrogen) atoms. The molecule has 0 aromatic carbocycles. The zero-order valence-corrected chi connectivity index (χ0v) is 15.0. The number of ether oxygens (including phenoxy) is 2. The Bertz CT molecular complexity index is 797. The molecule has 4 atom stereocenters. The molecule has 0 bridgehead atoms. The quantitative estimate of drug-likeness (QED) is 0.600. The Morgan fingerprint density at radius 1 is 1.46 bits per heavy atom. The zero-order chi connectivity index (χ0) is 19.9. The Kier molecular flexibility index (Phi) is 5.41. The van der Waals surface area contributed by atoms with E-state index in [4.69, 9.17) is 9.47 Å². The van der Waals surface area contributed by atoms with Crippen molar-refractivity contribution in [3.8, 4) is 0 Å². The van der Waals surface area contributed by atoms with E-state index in [-0.39, 0.29) is 5.56 Å². The molecule has 1 aliphatic rings. The van der Waals surface area contributed by atoms with Crippen LogP contribution >= 0.6 is 0 Å². The topological polar surface area (TPSA) is 131 Å². The number of H-pyrrole nitrogens is 1. The minimum absolute atomic E-state index is 0.135. The lowest BCUT2D eigenvalue weighted by Gasteiger charge is -2.29. The number of nitrogens with zero attached hydrogens (tertiary/aromatic N) is 1. The SMILES string of the molecule is Cc1cn([C@@H]2O[C@H](CO)[C@](O)(COC(=O)C(C)(C)C)[C@@H]2F)c(=O)[nH]c1=O. The van der Waals surface area contributed by atoms with Crippen LogP contribution < -0.4 is 11.2 Å². The Balaban J connectivity index is 2.32. The summed E-state index contributed by atoms with van der Waals surface area (Å²) in [6.07, 6.45) is -4.14. The van der Waals surface area contributed by atoms with Gasteiger partial charge >= 0.3 is 11.7 Å². The summed E-state index contributed by atoms with van der Waals surface area (Å²) >= 11 is 0. The average molecular weight is 374 g/mol. The van der Waals surface area contributed by atoms with Gasteiger partial charge in [-0.3, -0.25) is 19.1 Å². The van der Waals surface area contributed by atoms with E-state index in [1.165, 1.54) is 6.92 Å². The van der Waals surface area contributed by atoms with Crippen molar-refractivity contribution in [2.24, 2.45) is 5.41 Å². The smallest absolute Gasteiger partial charge is 0.330 e. The van der Waals surface area contributed by atoms with Crippen molar-refractivity contribution in [3.63, 3.8) is 0 Å². The van der Waals surface area contributed by atoms with Gasteiger partial charge in [0, 0.05) is 11.8 Å². The van der Waals surface area contributed by atoms with Crippen molar-refractivity contribution >= 4 is 5.97 Å². The maximum atomic E-state index is 15.0. The summed E-state index contributed by atoms with van der Waals surface area (Å²) in [5.74, 6) is -0.671. The number of hydrogen-bond acceptors (Lipinski definition) is 7. The van der Waals surface area contributed by atoms with Crippen LogP contribution in [-0.4, -0.2) is 56.8 Å². The molecule has 0 radical (unpaired) electrons. The van der Waals surface area contributed by atoms with Gasteiger partial charge in [-0.2, -0.15) is 0 Å². The van der Waals surface area contributed by atoms with Gasteiger partial charge in [-0.05, 0) is 27.7 Å². The first-order valence-electron chi connectivity index (χ1n) is 8.04. The highest BCUT2D eigenvalue weighted by atomic mass is 19.1. The number of aromatic amines is 1. The predicted molar refractivity (Wildman–Crippen MR) is 87.3 cm³/mol. The van der Waals surface area contributed by atoms with Gasteiger partial charge in [-0.15, -0.1) is 0 Å². The van der Waals surface area contributed by atoms with Crippen LogP contribution in [0.4, 0.5) is 4.39 Å². The third-order valence-electron chi connectivity index (χ3n) is 4.22. The number of aliphatic hydroxyl groups is 2. The van der Waals surface area contributed by atoms with Crippen molar-refractivity contribution in [1.29, 1.82) is 0 Å². The number of aromatic nitrogens is 2. The lowest BCUT2D eigenvalue weighted by molar-refractivity contribution is -0.169. The molecule has 1 aromatic heterocycles. The van der Waals surface area contributed by atoms with Crippen LogP contribution in [0.1, 0.15) is 32.6 Å². The van der Waals surface area contributed by atoms with Crippen LogP contribution in [0.25, 0.3) is 0 Å². The largest absolute Gasteiger partial charge is 0.462 e. The van der Waals surface area contributed by atoms with Gasteiger partial charge in [0.25, 0.3) is 5.56 Å². The Morgan fingerprint density at radius 2 is 2.08 bits per heavy atom. The van der Waals surface area contributed by atoms with Gasteiger partial charge in [-0.1, -0.05) is 0 Å². The van der Waals surface area contributed by atoms with Crippen molar-refractivity contribution in [1.82, 2.24) is 9.55 Å². The number of hydrogen-bond donors (Lipinski definition) is 3. The van der Waals surface area contributed by atoms with Crippen molar-refractivity contribution < 1.29 is 28.9 Å². The third kappa shape index (κ3) is 3.57. The monoisotopic (exact) mass is 374 g/mol. The molecule has 1 saturated heterocycles. The number of alkyl halides is 1. The van der Waals surface area contributed by atoms with E-state index < -0.39 is 60.0 Å². The highest BCUT2D eigenvalue weighted by Crippen LogP contribution is 2.39. The molecule has 0 unspecified atom stereocenters. The summed E-state index contributed by atoms with van der Waals surface area (Å²) in [6.45, 7) is 4.66. The fraction of sp³-hybridized carbons (Fsp3) is 0.688. The molecule has 1 aliphatic heterocycles. The number of rotatable bonds is 4. The van der Waals surface area contributed by atoms with Gasteiger partial charge in [0.05, 0.1) is 12.0 Å². The average Bonchev–Trinajstić information content (AvgIpc) is 2.79. The van der Waals surface area contributed by atoms with E-state index in [0.717, 1.165) is 10.8 Å². The lowest BCUT2D eigenvalue weighted by atomic mass is 9.93. The summed E-state index contributed by atoms with van der Waals surface area (Å²) in [4.78, 5) is 37.3. The fourth-order valence-corrected chi connectivity index (χ4v) is 2.53. The first-order chi connectivity index (χ1) is 11.9. The molecule has 0 saturated carbocycles. The van der Waals surface area contributed by atoms with Gasteiger partial charge in [0.15, 0.2) is 18.0 Å². The summed E-state index contributed by atoms with van der Waals surface area (Å²) in [5, 5.41) is 20.1. The zero-order valence-electron chi connectivity index (χ0n) is 15.0. The number of aryl methyl sites for hydroxylation is 1. The molecule has 2 rings (SSSR count). The Morgan fingerprint density at radius 3 is 2.62 bits per heavy atom. The van der Waals surface area contributed by atoms with Crippen molar-refractivity contribution in [3.05, 3.63) is 32.6 Å². The van der Waals surface area contributed by atoms with Crippen molar-refractivity contribution in [2.45, 2.75) is 51.8 Å². The minimum Gasteiger partial charge on any atom is -0.462 e. The normalized spacial score (nSPS) is 29.0. The molecule has 0 spiro atoms. The van der Waals surface area contributed by atoms with E-state index in [1.807, 2.05) is 4.98 Å². The van der Waals surface area contributed by atoms with Crippen molar-refractivity contribution in [2.75, 3.05) is 13.2 Å². The van der Waals surface area contributed by atoms with Gasteiger partial charge in [0.2, 0.25) is 0 Å².